The topological polar surface area (TPSA) is 78.6 Å². The van der Waals surface area contributed by atoms with Gasteiger partial charge in [0.25, 0.3) is 0 Å². The number of nitrogens with zero attached hydrogens (tertiary/aromatic N) is 1. The lowest BCUT2D eigenvalue weighted by Gasteiger charge is -2.20. The monoisotopic (exact) mass is 313 g/mol. The minimum absolute atomic E-state index is 0.366. The molecule has 0 saturated carbocycles. The lowest BCUT2D eigenvalue weighted by Crippen LogP contribution is -2.29. The molecule has 98 valence electrons. The van der Waals surface area contributed by atoms with Gasteiger partial charge in [-0.05, 0) is 46.5 Å². The molecule has 0 radical (unpaired) electrons. The molecule has 18 heavy (non-hydrogen) atoms. The Labute approximate surface area is 114 Å². The first-order valence-corrected chi connectivity index (χ1v) is 6.62. The molecule has 0 bridgehead atoms. The van der Waals surface area contributed by atoms with Crippen molar-refractivity contribution in [2.45, 2.75) is 6.42 Å². The highest BCUT2D eigenvalue weighted by Crippen LogP contribution is 2.31. The molecule has 1 amide bonds. The smallest absolute Gasteiger partial charge is 0.404 e. The summed E-state index contributed by atoms with van der Waals surface area (Å²) in [5, 5.41) is 11.0. The zero-order chi connectivity index (χ0) is 13.1. The normalized spacial score (nSPS) is 18.9. The molecule has 6 heteroatoms. The van der Waals surface area contributed by atoms with Crippen LogP contribution in [0.1, 0.15) is 6.42 Å². The van der Waals surface area contributed by atoms with E-state index in [-0.39, 0.29) is 0 Å². The second-order valence-electron chi connectivity index (χ2n) is 4.50. The van der Waals surface area contributed by atoms with E-state index >= 15 is 0 Å². The predicted octanol–water partition coefficient (Wildman–Crippen LogP) is 2.13. The standard InChI is InChI=1S/C12H16BrN3O2/c13-10-5-9(14)1-2-11(10)16-4-3-8(7-16)6-15-12(17)18/h1-2,5,8,15H,3-4,6-7,14H2,(H,17,18). The number of halogens is 1. The maximum absolute atomic E-state index is 10.5. The zero-order valence-corrected chi connectivity index (χ0v) is 11.5. The van der Waals surface area contributed by atoms with Crippen molar-refractivity contribution in [1.29, 1.82) is 0 Å². The van der Waals surface area contributed by atoms with E-state index in [1.807, 2.05) is 18.2 Å². The van der Waals surface area contributed by atoms with Crippen LogP contribution in [-0.2, 0) is 0 Å². The third-order valence-corrected chi connectivity index (χ3v) is 3.78. The first-order chi connectivity index (χ1) is 8.56. The van der Waals surface area contributed by atoms with Crippen molar-refractivity contribution < 1.29 is 9.90 Å². The van der Waals surface area contributed by atoms with Crippen LogP contribution in [0.2, 0.25) is 0 Å². The van der Waals surface area contributed by atoms with E-state index in [0.29, 0.717) is 12.5 Å². The maximum atomic E-state index is 10.5. The van der Waals surface area contributed by atoms with E-state index in [0.717, 1.165) is 35.4 Å². The molecule has 0 aliphatic carbocycles. The third-order valence-electron chi connectivity index (χ3n) is 3.14. The van der Waals surface area contributed by atoms with E-state index in [1.165, 1.54) is 0 Å². The summed E-state index contributed by atoms with van der Waals surface area (Å²) in [6.07, 6.45) is 0.0407. The number of carboxylic acid groups (broad SMARTS) is 1. The van der Waals surface area contributed by atoms with E-state index in [9.17, 15) is 4.79 Å². The van der Waals surface area contributed by atoms with Crippen LogP contribution < -0.4 is 16.0 Å². The van der Waals surface area contributed by atoms with Gasteiger partial charge in [-0.3, -0.25) is 0 Å². The Morgan fingerprint density at radius 1 is 1.61 bits per heavy atom. The molecule has 1 aromatic carbocycles. The Hall–Kier alpha value is -1.43. The highest BCUT2D eigenvalue weighted by atomic mass is 79.9. The number of carbonyl (C=O) groups is 1. The number of nitrogens with one attached hydrogen (secondary N) is 1. The highest BCUT2D eigenvalue weighted by Gasteiger charge is 2.24. The van der Waals surface area contributed by atoms with Crippen molar-refractivity contribution in [3.05, 3.63) is 22.7 Å². The van der Waals surface area contributed by atoms with Crippen LogP contribution in [0, 0.1) is 5.92 Å². The van der Waals surface area contributed by atoms with Crippen LogP contribution in [0.4, 0.5) is 16.2 Å². The number of hydrogen-bond donors (Lipinski definition) is 3. The van der Waals surface area contributed by atoms with Gasteiger partial charge < -0.3 is 21.1 Å². The number of nitrogen functional groups attached to an aromatic ring is 1. The molecule has 4 N–H and O–H groups in total. The first kappa shape index (κ1) is 13.0. The van der Waals surface area contributed by atoms with Crippen LogP contribution in [0.25, 0.3) is 0 Å². The Kier molecular flexibility index (Phi) is 3.96. The highest BCUT2D eigenvalue weighted by molar-refractivity contribution is 9.10. The van der Waals surface area contributed by atoms with Gasteiger partial charge in [0.05, 0.1) is 5.69 Å². The molecule has 1 aliphatic rings. The molecule has 1 unspecified atom stereocenters. The van der Waals surface area contributed by atoms with Gasteiger partial charge in [0.2, 0.25) is 0 Å². The molecule has 1 heterocycles. The van der Waals surface area contributed by atoms with Crippen molar-refractivity contribution in [3.63, 3.8) is 0 Å². The molecule has 1 saturated heterocycles. The molecule has 1 atom stereocenters. The summed E-state index contributed by atoms with van der Waals surface area (Å²) in [4.78, 5) is 12.7. The quantitative estimate of drug-likeness (QED) is 0.747. The third kappa shape index (κ3) is 3.07. The van der Waals surface area contributed by atoms with Gasteiger partial charge in [0.15, 0.2) is 0 Å². The molecule has 1 fully saturated rings. The summed E-state index contributed by atoms with van der Waals surface area (Å²) in [5.41, 5.74) is 7.55. The van der Waals surface area contributed by atoms with Crippen molar-refractivity contribution in [1.82, 2.24) is 5.32 Å². The Morgan fingerprint density at radius 2 is 2.39 bits per heavy atom. The summed E-state index contributed by atoms with van der Waals surface area (Å²) in [6, 6.07) is 5.76. The molecule has 5 nitrogen and oxygen atoms in total. The van der Waals surface area contributed by atoms with Crippen molar-refractivity contribution in [2.75, 3.05) is 30.3 Å². The van der Waals surface area contributed by atoms with E-state index in [1.54, 1.807) is 0 Å². The second kappa shape index (κ2) is 5.48. The minimum atomic E-state index is -0.956. The predicted molar refractivity (Wildman–Crippen MR) is 74.9 cm³/mol. The maximum Gasteiger partial charge on any atom is 0.404 e. The second-order valence-corrected chi connectivity index (χ2v) is 5.35. The number of nitrogens with two attached hydrogens (primary N) is 1. The van der Waals surface area contributed by atoms with Gasteiger partial charge in [-0.2, -0.15) is 0 Å². The fraction of sp³-hybridized carbons (Fsp3) is 0.417. The minimum Gasteiger partial charge on any atom is -0.465 e. The first-order valence-electron chi connectivity index (χ1n) is 5.83. The Balaban J connectivity index is 1.97. The van der Waals surface area contributed by atoms with Crippen molar-refractivity contribution in [3.8, 4) is 0 Å². The average Bonchev–Trinajstić information content (AvgIpc) is 2.75. The van der Waals surface area contributed by atoms with Crippen molar-refractivity contribution in [2.24, 2.45) is 5.92 Å². The van der Waals surface area contributed by atoms with Gasteiger partial charge in [-0.15, -0.1) is 0 Å². The number of rotatable bonds is 3. The fourth-order valence-corrected chi connectivity index (χ4v) is 2.88. The lowest BCUT2D eigenvalue weighted by molar-refractivity contribution is 0.192. The van der Waals surface area contributed by atoms with E-state index in [4.69, 9.17) is 10.8 Å². The number of amides is 1. The summed E-state index contributed by atoms with van der Waals surface area (Å²) in [7, 11) is 0. The SMILES string of the molecule is Nc1ccc(N2CCC(CNC(=O)O)C2)c(Br)c1. The molecule has 0 aromatic heterocycles. The Morgan fingerprint density at radius 3 is 3.06 bits per heavy atom. The van der Waals surface area contributed by atoms with Crippen molar-refractivity contribution >= 4 is 33.4 Å². The van der Waals surface area contributed by atoms with Gasteiger partial charge >= 0.3 is 6.09 Å². The zero-order valence-electron chi connectivity index (χ0n) is 9.90. The van der Waals surface area contributed by atoms with Crippen LogP contribution >= 0.6 is 15.9 Å². The van der Waals surface area contributed by atoms with Gasteiger partial charge in [-0.1, -0.05) is 0 Å². The van der Waals surface area contributed by atoms with Crippen LogP contribution in [-0.4, -0.2) is 30.8 Å². The van der Waals surface area contributed by atoms with Crippen LogP contribution in [0.3, 0.4) is 0 Å². The van der Waals surface area contributed by atoms with Gasteiger partial charge in [0.1, 0.15) is 0 Å². The molecule has 1 aromatic rings. The van der Waals surface area contributed by atoms with E-state index < -0.39 is 6.09 Å². The van der Waals surface area contributed by atoms with Gasteiger partial charge in [0, 0.05) is 29.8 Å². The summed E-state index contributed by atoms with van der Waals surface area (Å²) in [6.45, 7) is 2.32. The number of hydrogen-bond acceptors (Lipinski definition) is 3. The lowest BCUT2D eigenvalue weighted by atomic mass is 10.1. The number of anilines is 2. The van der Waals surface area contributed by atoms with Crippen LogP contribution in [0.15, 0.2) is 22.7 Å². The summed E-state index contributed by atoms with van der Waals surface area (Å²) in [5.74, 6) is 0.366. The van der Waals surface area contributed by atoms with Crippen LogP contribution in [0.5, 0.6) is 0 Å². The van der Waals surface area contributed by atoms with Gasteiger partial charge in [-0.25, -0.2) is 4.79 Å². The largest absolute Gasteiger partial charge is 0.465 e. The molecule has 1 aliphatic heterocycles. The fourth-order valence-electron chi connectivity index (χ4n) is 2.23. The Bertz CT molecular complexity index is 453. The summed E-state index contributed by atoms with van der Waals surface area (Å²) >= 11 is 3.51. The molecule has 0 spiro atoms. The molecular formula is C12H16BrN3O2. The average molecular weight is 314 g/mol. The summed E-state index contributed by atoms with van der Waals surface area (Å²) < 4.78 is 0.981. The number of benzene rings is 1. The molecular weight excluding hydrogens is 298 g/mol. The molecule has 2 rings (SSSR count). The van der Waals surface area contributed by atoms with E-state index in [2.05, 4.69) is 26.1 Å².